The number of rotatable bonds is 5. The standard InChI is InChI=1S/C36H24Cl2N2O3P/c37-24-20-21-30(38)28(22-24)29-23-33-34(40(43)32-19-11-10-18-31(32)39(33)42)36(35(29)41)44(25-12-4-1-5-13-25,26-14-6-2-7-15-26)27-16-8-3-9-17-27/h1-23,42H/q+1/p+1. The van der Waals surface area contributed by atoms with Gasteiger partial charge in [0.1, 0.15) is 15.9 Å². The Kier molecular flexibility index (Phi) is 7.10. The van der Waals surface area contributed by atoms with Crippen molar-refractivity contribution in [1.82, 2.24) is 4.73 Å². The third-order valence-electron chi connectivity index (χ3n) is 7.97. The number of nitrogens with zero attached hydrogens (tertiary/aromatic N) is 2. The van der Waals surface area contributed by atoms with E-state index in [-0.39, 0.29) is 22.3 Å². The van der Waals surface area contributed by atoms with Crippen molar-refractivity contribution in [1.29, 1.82) is 0 Å². The number of hydrogen-bond donors (Lipinski definition) is 2. The molecule has 7 aromatic rings. The van der Waals surface area contributed by atoms with Crippen LogP contribution in [0.5, 0.6) is 5.75 Å². The molecule has 0 amide bonds. The summed E-state index contributed by atoms with van der Waals surface area (Å²) in [6, 6.07) is 43.2. The van der Waals surface area contributed by atoms with Crippen LogP contribution >= 0.6 is 30.5 Å². The Morgan fingerprint density at radius 3 is 1.70 bits per heavy atom. The number of para-hydroxylation sites is 2. The van der Waals surface area contributed by atoms with Gasteiger partial charge in [0.2, 0.25) is 5.30 Å². The summed E-state index contributed by atoms with van der Waals surface area (Å²) in [7, 11) is -3.06. The molecule has 0 atom stereocenters. The number of halogens is 2. The quantitative estimate of drug-likeness (QED) is 0.0907. The first kappa shape index (κ1) is 28.1. The zero-order chi connectivity index (χ0) is 30.4. The van der Waals surface area contributed by atoms with E-state index in [0.29, 0.717) is 32.0 Å². The highest BCUT2D eigenvalue weighted by Gasteiger charge is 2.54. The number of aromatic nitrogens is 2. The molecule has 0 aliphatic carbocycles. The molecular weight excluding hydrogens is 610 g/mol. The maximum absolute atomic E-state index is 14.6. The number of benzene rings is 6. The van der Waals surface area contributed by atoms with Crippen LogP contribution < -0.4 is 25.6 Å². The van der Waals surface area contributed by atoms with Gasteiger partial charge in [0.15, 0.2) is 24.0 Å². The van der Waals surface area contributed by atoms with Crippen LogP contribution in [0, 0.1) is 4.91 Å². The molecule has 0 bridgehead atoms. The zero-order valence-corrected chi connectivity index (χ0v) is 25.6. The highest BCUT2D eigenvalue weighted by atomic mass is 35.5. The summed E-state index contributed by atoms with van der Waals surface area (Å²) in [5.41, 5.74) is 1.74. The Bertz CT molecular complexity index is 2150. The van der Waals surface area contributed by atoms with E-state index in [9.17, 15) is 15.2 Å². The van der Waals surface area contributed by atoms with Crippen LogP contribution in [0.1, 0.15) is 0 Å². The lowest BCUT2D eigenvalue weighted by atomic mass is 10.0. The van der Waals surface area contributed by atoms with Crippen molar-refractivity contribution < 1.29 is 14.7 Å². The van der Waals surface area contributed by atoms with Crippen molar-refractivity contribution in [2.24, 2.45) is 0 Å². The number of fused-ring (bicyclic) bond motifs is 2. The van der Waals surface area contributed by atoms with E-state index in [0.717, 1.165) is 25.1 Å². The van der Waals surface area contributed by atoms with E-state index in [1.165, 1.54) is 0 Å². The van der Waals surface area contributed by atoms with Gasteiger partial charge in [-0.05, 0) is 66.7 Å². The molecule has 0 spiro atoms. The Morgan fingerprint density at radius 1 is 0.614 bits per heavy atom. The van der Waals surface area contributed by atoms with Crippen LogP contribution in [0.3, 0.4) is 0 Å². The highest BCUT2D eigenvalue weighted by molar-refractivity contribution is 8.02. The van der Waals surface area contributed by atoms with Gasteiger partial charge in [0, 0.05) is 32.1 Å². The molecule has 7 rings (SSSR count). The second-order valence-corrected chi connectivity index (χ2v) is 14.6. The average molecular weight is 635 g/mol. The van der Waals surface area contributed by atoms with Crippen molar-refractivity contribution >= 4 is 73.7 Å². The van der Waals surface area contributed by atoms with Gasteiger partial charge in [-0.2, -0.15) is 4.73 Å². The van der Waals surface area contributed by atoms with E-state index in [1.807, 2.05) is 91.0 Å². The molecule has 0 aliphatic heterocycles. The van der Waals surface area contributed by atoms with E-state index < -0.39 is 7.26 Å². The summed E-state index contributed by atoms with van der Waals surface area (Å²) in [6.07, 6.45) is 0. The molecule has 6 aromatic carbocycles. The van der Waals surface area contributed by atoms with E-state index in [4.69, 9.17) is 23.2 Å². The van der Waals surface area contributed by atoms with Crippen molar-refractivity contribution in [3.8, 4) is 16.9 Å². The number of aromatic hydroxyl groups is 1. The number of hydrogen-bond acceptors (Lipinski definition) is 3. The Labute approximate surface area is 263 Å². The highest BCUT2D eigenvalue weighted by Crippen LogP contribution is 2.58. The molecule has 0 saturated carbocycles. The fourth-order valence-electron chi connectivity index (χ4n) is 6.08. The fourth-order valence-corrected chi connectivity index (χ4v) is 11.0. The Hall–Kier alpha value is -4.67. The summed E-state index contributed by atoms with van der Waals surface area (Å²) in [6.45, 7) is 0. The second kappa shape index (κ2) is 11.1. The van der Waals surface area contributed by atoms with Gasteiger partial charge < -0.3 is 10.3 Å². The topological polar surface area (TPSA) is 68.4 Å². The molecule has 5 nitrogen and oxygen atoms in total. The summed E-state index contributed by atoms with van der Waals surface area (Å²) < 4.78 is 1.83. The van der Waals surface area contributed by atoms with Gasteiger partial charge in [-0.25, -0.2) is 0 Å². The van der Waals surface area contributed by atoms with E-state index >= 15 is 0 Å². The molecule has 0 unspecified atom stereocenters. The number of phenolic OH excluding ortho intramolecular Hbond substituents is 1. The predicted molar refractivity (Wildman–Crippen MR) is 182 cm³/mol. The third-order valence-corrected chi connectivity index (χ3v) is 12.8. The monoisotopic (exact) mass is 634 g/mol. The minimum Gasteiger partial charge on any atom is -0.503 e. The summed E-state index contributed by atoms with van der Waals surface area (Å²) >= 11 is 13.2. The summed E-state index contributed by atoms with van der Waals surface area (Å²) in [4.78, 5) is 14.6. The van der Waals surface area contributed by atoms with Crippen LogP contribution in [0.25, 0.3) is 33.2 Å². The van der Waals surface area contributed by atoms with Gasteiger partial charge in [-0.15, -0.1) is 0 Å². The van der Waals surface area contributed by atoms with Crippen LogP contribution in [-0.4, -0.2) is 15.0 Å². The van der Waals surface area contributed by atoms with Crippen molar-refractivity contribution in [3.05, 3.63) is 154 Å². The smallest absolute Gasteiger partial charge is 0.337 e. The number of phenols is 1. The maximum atomic E-state index is 14.6. The summed E-state index contributed by atoms with van der Waals surface area (Å²) in [5.74, 6) is -0.119. The van der Waals surface area contributed by atoms with Gasteiger partial charge in [-0.1, -0.05) is 89.9 Å². The van der Waals surface area contributed by atoms with Crippen LogP contribution in [0.4, 0.5) is 0 Å². The van der Waals surface area contributed by atoms with Gasteiger partial charge in [-0.3, -0.25) is 0 Å². The van der Waals surface area contributed by atoms with Crippen LogP contribution in [-0.2, 0) is 0 Å². The molecule has 0 radical (unpaired) electrons. The summed E-state index contributed by atoms with van der Waals surface area (Å²) in [5, 5.41) is 28.3. The van der Waals surface area contributed by atoms with Crippen molar-refractivity contribution in [3.63, 3.8) is 0 Å². The van der Waals surface area contributed by atoms with E-state index in [2.05, 4.69) is 0 Å². The molecule has 2 N–H and O–H groups in total. The Balaban J connectivity index is 1.82. The lowest BCUT2D eigenvalue weighted by Crippen LogP contribution is -2.41. The lowest BCUT2D eigenvalue weighted by molar-refractivity contribution is -0.432. The lowest BCUT2D eigenvalue weighted by Gasteiger charge is -2.28. The average Bonchev–Trinajstić information content (AvgIpc) is 3.07. The van der Waals surface area contributed by atoms with Crippen LogP contribution in [0.15, 0.2) is 140 Å². The first-order valence-electron chi connectivity index (χ1n) is 13.9. The van der Waals surface area contributed by atoms with Gasteiger partial charge in [0.05, 0.1) is 4.43 Å². The second-order valence-electron chi connectivity index (χ2n) is 10.4. The molecule has 44 heavy (non-hydrogen) atoms. The van der Waals surface area contributed by atoms with Crippen molar-refractivity contribution in [2.45, 2.75) is 0 Å². The predicted octanol–water partition coefficient (Wildman–Crippen LogP) is 7.25. The van der Waals surface area contributed by atoms with Crippen LogP contribution in [0.2, 0.25) is 10.0 Å². The molecule has 0 aliphatic rings. The molecule has 8 heteroatoms. The zero-order valence-electron chi connectivity index (χ0n) is 23.2. The fraction of sp³-hybridized carbons (Fsp3) is 0. The largest absolute Gasteiger partial charge is 0.503 e. The normalized spacial score (nSPS) is 11.7. The SMILES string of the molecule is O=[n+]1c2ccccc2n(O)c2cc(-c3cc(Cl)ccc3Cl)c(O)c([P+](c3ccccc3)(c3ccccc3)c3ccccc3)c21. The van der Waals surface area contributed by atoms with Crippen molar-refractivity contribution in [2.75, 3.05) is 0 Å². The third kappa shape index (κ3) is 4.28. The molecule has 1 aromatic heterocycles. The Morgan fingerprint density at radius 2 is 1.14 bits per heavy atom. The minimum atomic E-state index is -3.06. The minimum absolute atomic E-state index is 0.119. The molecule has 0 saturated heterocycles. The molecule has 0 fully saturated rings. The first-order chi connectivity index (χ1) is 21.4. The molecule has 214 valence electrons. The van der Waals surface area contributed by atoms with Gasteiger partial charge in [0.25, 0.3) is 5.52 Å². The van der Waals surface area contributed by atoms with Gasteiger partial charge >= 0.3 is 5.52 Å². The van der Waals surface area contributed by atoms with E-state index in [1.54, 1.807) is 48.5 Å². The first-order valence-corrected chi connectivity index (χ1v) is 16.4. The maximum Gasteiger partial charge on any atom is 0.337 e. The molecule has 1 heterocycles. The molecular formula is C36H25Cl2N2O3P+2.